The van der Waals surface area contributed by atoms with Gasteiger partial charge in [-0.1, -0.05) is 60.9 Å². The van der Waals surface area contributed by atoms with E-state index < -0.39 is 0 Å². The van der Waals surface area contributed by atoms with Crippen LogP contribution in [0.3, 0.4) is 0 Å². The van der Waals surface area contributed by atoms with Gasteiger partial charge in [-0.15, -0.1) is 0 Å². The largest absolute Gasteiger partial charge is 0.493 e. The predicted octanol–water partition coefficient (Wildman–Crippen LogP) is 6.44. The molecule has 0 bridgehead atoms. The highest BCUT2D eigenvalue weighted by Crippen LogP contribution is 2.22. The summed E-state index contributed by atoms with van der Waals surface area (Å²) in [6, 6.07) is 10.6. The Morgan fingerprint density at radius 1 is 1.09 bits per heavy atom. The maximum Gasteiger partial charge on any atom is 0.109 e. The van der Waals surface area contributed by atoms with Crippen LogP contribution < -0.4 is 0 Å². The zero-order valence-electron chi connectivity index (χ0n) is 14.8. The van der Waals surface area contributed by atoms with Crippen molar-refractivity contribution in [3.05, 3.63) is 76.9 Å². The highest BCUT2D eigenvalue weighted by Gasteiger charge is 2.09. The van der Waals surface area contributed by atoms with Gasteiger partial charge in [0, 0.05) is 7.85 Å². The fraction of sp³-hybridized carbons (Fsp3) is 0.409. The van der Waals surface area contributed by atoms with Crippen LogP contribution in [0.15, 0.2) is 65.0 Å². The van der Waals surface area contributed by atoms with E-state index in [-0.39, 0.29) is 1.43 Å². The quantitative estimate of drug-likeness (QED) is 0.502. The number of rotatable bonds is 8. The second-order valence-electron chi connectivity index (χ2n) is 6.42. The average Bonchev–Trinajstić information content (AvgIpc) is 2.59. The van der Waals surface area contributed by atoms with Crippen LogP contribution in [-0.2, 0) is 11.2 Å². The minimum absolute atomic E-state index is 0. The van der Waals surface area contributed by atoms with Gasteiger partial charge in [-0.3, -0.25) is 0 Å². The first-order chi connectivity index (χ1) is 11.2. The van der Waals surface area contributed by atoms with Crippen LogP contribution in [0.2, 0.25) is 0 Å². The van der Waals surface area contributed by atoms with Crippen molar-refractivity contribution >= 4 is 0 Å². The zero-order valence-corrected chi connectivity index (χ0v) is 14.8. The van der Waals surface area contributed by atoms with E-state index in [9.17, 15) is 0 Å². The second kappa shape index (κ2) is 9.39. The van der Waals surface area contributed by atoms with Crippen LogP contribution >= 0.6 is 0 Å². The minimum Gasteiger partial charge on any atom is -0.493 e. The lowest BCUT2D eigenvalue weighted by Gasteiger charge is -2.17. The summed E-state index contributed by atoms with van der Waals surface area (Å²) in [6.07, 6.45) is 12.2. The summed E-state index contributed by atoms with van der Waals surface area (Å²) in [7, 11) is 0. The molecule has 0 heterocycles. The van der Waals surface area contributed by atoms with Gasteiger partial charge < -0.3 is 4.74 Å². The Hall–Kier alpha value is -1.76. The lowest BCUT2D eigenvalue weighted by molar-refractivity contribution is 0.243. The molecule has 1 radical (unpaired) electrons. The summed E-state index contributed by atoms with van der Waals surface area (Å²) in [5.41, 5.74) is 5.65. The maximum absolute atomic E-state index is 5.95. The van der Waals surface area contributed by atoms with Crippen LogP contribution in [0.25, 0.3) is 0 Å². The summed E-state index contributed by atoms with van der Waals surface area (Å²) >= 11 is 0. The molecule has 2 rings (SSSR count). The van der Waals surface area contributed by atoms with Gasteiger partial charge in [0.05, 0.1) is 0 Å². The molecule has 0 unspecified atom stereocenters. The molecule has 125 valence electrons. The van der Waals surface area contributed by atoms with Crippen LogP contribution in [0.5, 0.6) is 0 Å². The molecule has 0 atom stereocenters. The first kappa shape index (κ1) is 17.6. The van der Waals surface area contributed by atoms with Crippen LogP contribution in [0, 0.1) is 6.42 Å². The number of allylic oxidation sites excluding steroid dienone is 5. The van der Waals surface area contributed by atoms with Crippen molar-refractivity contribution in [2.45, 2.75) is 52.9 Å². The molecule has 1 heteroatoms. The Balaban J connectivity index is 0.00000288. The smallest absolute Gasteiger partial charge is 0.109 e. The fourth-order valence-electron chi connectivity index (χ4n) is 2.63. The molecule has 1 aromatic carbocycles. The Labute approximate surface area is 143 Å². The van der Waals surface area contributed by atoms with Crippen LogP contribution in [0.1, 0.15) is 53.4 Å². The number of hydrogen-bond acceptors (Lipinski definition) is 1. The normalized spacial score (nSPS) is 15.6. The molecular formula is C22H31O. The van der Waals surface area contributed by atoms with Crippen molar-refractivity contribution in [3.8, 4) is 0 Å². The molecule has 0 saturated carbocycles. The van der Waals surface area contributed by atoms with Gasteiger partial charge in [-0.25, -0.2) is 0 Å². The third-order valence-electron chi connectivity index (χ3n) is 4.41. The molecule has 0 saturated heterocycles. The number of benzene rings is 1. The monoisotopic (exact) mass is 311 g/mol. The van der Waals surface area contributed by atoms with Crippen molar-refractivity contribution < 1.29 is 6.16 Å². The van der Waals surface area contributed by atoms with Gasteiger partial charge in [0.15, 0.2) is 0 Å². The molecular weight excluding hydrogens is 280 g/mol. The first-order valence-corrected chi connectivity index (χ1v) is 8.74. The van der Waals surface area contributed by atoms with Gasteiger partial charge in [0.2, 0.25) is 0 Å². The van der Waals surface area contributed by atoms with E-state index in [4.69, 9.17) is 4.74 Å². The maximum atomic E-state index is 5.95. The van der Waals surface area contributed by atoms with E-state index in [2.05, 4.69) is 69.7 Å². The van der Waals surface area contributed by atoms with Crippen LogP contribution in [0.4, 0.5) is 0 Å². The molecule has 1 aliphatic carbocycles. The summed E-state index contributed by atoms with van der Waals surface area (Å²) in [4.78, 5) is 0. The van der Waals surface area contributed by atoms with Gasteiger partial charge >= 0.3 is 0 Å². The lowest BCUT2D eigenvalue weighted by Crippen LogP contribution is -2.03. The van der Waals surface area contributed by atoms with Crippen molar-refractivity contribution in [2.24, 2.45) is 0 Å². The van der Waals surface area contributed by atoms with E-state index in [0.29, 0.717) is 6.61 Å². The molecule has 0 N–H and O–H groups in total. The van der Waals surface area contributed by atoms with Gasteiger partial charge in [-0.2, -0.15) is 0 Å². The summed E-state index contributed by atoms with van der Waals surface area (Å²) in [5.74, 6) is 1.00. The zero-order chi connectivity index (χ0) is 16.5. The fourth-order valence-corrected chi connectivity index (χ4v) is 2.63. The van der Waals surface area contributed by atoms with Crippen molar-refractivity contribution in [1.82, 2.24) is 0 Å². The number of ether oxygens (including phenoxy) is 1. The predicted molar refractivity (Wildman–Crippen MR) is 101 cm³/mol. The SMILES string of the molecule is CCCC/C(C)=C(\C)COC1=CC=C(Cc2ccccc2)C[CH]1.[HH]. The second-order valence-corrected chi connectivity index (χ2v) is 6.42. The molecule has 0 amide bonds. The molecule has 1 aliphatic rings. The molecule has 0 fully saturated rings. The Morgan fingerprint density at radius 3 is 2.52 bits per heavy atom. The third kappa shape index (κ3) is 6.09. The van der Waals surface area contributed by atoms with Gasteiger partial charge in [-0.05, 0) is 56.7 Å². The van der Waals surface area contributed by atoms with E-state index in [1.54, 1.807) is 0 Å². The molecule has 0 aromatic heterocycles. The average molecular weight is 311 g/mol. The molecule has 0 spiro atoms. The van der Waals surface area contributed by atoms with E-state index in [1.165, 1.54) is 41.5 Å². The molecule has 1 nitrogen and oxygen atoms in total. The Morgan fingerprint density at radius 2 is 1.87 bits per heavy atom. The van der Waals surface area contributed by atoms with Gasteiger partial charge in [0.25, 0.3) is 0 Å². The van der Waals surface area contributed by atoms with Crippen LogP contribution in [-0.4, -0.2) is 6.61 Å². The summed E-state index contributed by atoms with van der Waals surface area (Å²) < 4.78 is 5.95. The summed E-state index contributed by atoms with van der Waals surface area (Å²) in [5, 5.41) is 0. The Bertz CT molecular complexity index is 581. The highest BCUT2D eigenvalue weighted by atomic mass is 16.5. The topological polar surface area (TPSA) is 9.23 Å². The molecule has 0 aliphatic heterocycles. The van der Waals surface area contributed by atoms with Crippen molar-refractivity contribution in [2.75, 3.05) is 6.61 Å². The molecule has 23 heavy (non-hydrogen) atoms. The van der Waals surface area contributed by atoms with E-state index in [1.807, 2.05) is 0 Å². The third-order valence-corrected chi connectivity index (χ3v) is 4.41. The Kier molecular flexibility index (Phi) is 7.19. The highest BCUT2D eigenvalue weighted by molar-refractivity contribution is 5.32. The van der Waals surface area contributed by atoms with E-state index >= 15 is 0 Å². The van der Waals surface area contributed by atoms with Crippen molar-refractivity contribution in [3.63, 3.8) is 0 Å². The first-order valence-electron chi connectivity index (χ1n) is 8.74. The lowest BCUT2D eigenvalue weighted by atomic mass is 9.97. The standard InChI is InChI=1S/C22H29O.H2/c1-4-5-9-18(2)19(3)17-23-22-14-12-21(13-15-22)16-20-10-7-6-8-11-20;/h6-8,10-12,14-15H,4-5,9,13,16-17H2,1-3H3;1H/b19-18+;. The number of hydrogen-bond donors (Lipinski definition) is 0. The molecule has 1 aromatic rings. The van der Waals surface area contributed by atoms with Gasteiger partial charge in [0.1, 0.15) is 12.4 Å². The summed E-state index contributed by atoms with van der Waals surface area (Å²) in [6.45, 7) is 7.36. The van der Waals surface area contributed by atoms with E-state index in [0.717, 1.165) is 18.6 Å². The minimum atomic E-state index is 0. The van der Waals surface area contributed by atoms with Crippen molar-refractivity contribution in [1.29, 1.82) is 0 Å². The number of unbranched alkanes of at least 4 members (excludes halogenated alkanes) is 1.